The Morgan fingerprint density at radius 1 is 0.706 bits per heavy atom. The van der Waals surface area contributed by atoms with Crippen molar-refractivity contribution >= 4 is 31.3 Å². The van der Waals surface area contributed by atoms with Crippen LogP contribution >= 0.6 is 31.3 Å². The molecule has 0 spiro atoms. The summed E-state index contributed by atoms with van der Waals surface area (Å²) in [6.45, 7) is 4.11. The second kappa shape index (κ2) is 9.91. The zero-order valence-electron chi connectivity index (χ0n) is 17.8. The normalized spacial score (nSPS) is 34.7. The van der Waals surface area contributed by atoms with E-state index in [9.17, 15) is 57.4 Å². The number of rotatable bonds is 10. The van der Waals surface area contributed by atoms with E-state index in [1.54, 1.807) is 6.92 Å². The van der Waals surface area contributed by atoms with Gasteiger partial charge in [-0.3, -0.25) is 18.1 Å². The van der Waals surface area contributed by atoms with E-state index < -0.39 is 73.2 Å². The van der Waals surface area contributed by atoms with Crippen molar-refractivity contribution in [3.05, 3.63) is 0 Å². The smallest absolute Gasteiger partial charge is 0.341 e. The SMILES string of the molecule is CCC[C@@]12OC(C)(C)O[C@@H]1[C@@H](OP(=O)(O)O)[C@H](OP(=O)(O)O)[C@@H](OP(=O)(O)O)[C@@H]2OP(=O)(O)O. The molecule has 6 atom stereocenters. The van der Waals surface area contributed by atoms with Gasteiger partial charge < -0.3 is 48.6 Å². The minimum Gasteiger partial charge on any atom is -0.341 e. The molecule has 22 heteroatoms. The highest BCUT2D eigenvalue weighted by atomic mass is 31.2. The lowest BCUT2D eigenvalue weighted by Gasteiger charge is -2.51. The van der Waals surface area contributed by atoms with E-state index in [0.717, 1.165) is 0 Å². The summed E-state index contributed by atoms with van der Waals surface area (Å²) in [5, 5.41) is 0. The van der Waals surface area contributed by atoms with E-state index in [1.165, 1.54) is 13.8 Å². The lowest BCUT2D eigenvalue weighted by Crippen LogP contribution is -2.71. The number of phosphoric acid groups is 4. The number of ether oxygens (including phenoxy) is 2. The number of hydrogen-bond donors (Lipinski definition) is 8. The zero-order valence-corrected chi connectivity index (χ0v) is 21.3. The highest BCUT2D eigenvalue weighted by Gasteiger charge is 2.71. The van der Waals surface area contributed by atoms with Gasteiger partial charge in [-0.05, 0) is 20.3 Å². The molecule has 1 heterocycles. The Balaban J connectivity index is 2.86. The molecule has 2 rings (SSSR count). The zero-order chi connectivity index (χ0) is 26.5. The summed E-state index contributed by atoms with van der Waals surface area (Å²) >= 11 is 0. The van der Waals surface area contributed by atoms with Gasteiger partial charge in [0.15, 0.2) is 5.79 Å². The van der Waals surface area contributed by atoms with E-state index in [1.807, 2.05) is 0 Å². The van der Waals surface area contributed by atoms with Crippen molar-refractivity contribution in [1.29, 1.82) is 0 Å². The van der Waals surface area contributed by atoms with E-state index in [2.05, 4.69) is 13.6 Å². The van der Waals surface area contributed by atoms with Gasteiger partial charge in [-0.25, -0.2) is 18.3 Å². The lowest BCUT2D eigenvalue weighted by atomic mass is 9.72. The van der Waals surface area contributed by atoms with E-state index in [4.69, 9.17) is 14.0 Å². The van der Waals surface area contributed by atoms with Crippen LogP contribution in [0.15, 0.2) is 0 Å². The molecule has 0 radical (unpaired) electrons. The Hall–Kier alpha value is 0.360. The van der Waals surface area contributed by atoms with Gasteiger partial charge in [0.05, 0.1) is 0 Å². The maximum atomic E-state index is 11.8. The summed E-state index contributed by atoms with van der Waals surface area (Å²) in [4.78, 5) is 75.3. The molecule has 1 aliphatic carbocycles. The Labute approximate surface area is 192 Å². The predicted molar refractivity (Wildman–Crippen MR) is 105 cm³/mol. The number of phosphoric ester groups is 4. The van der Waals surface area contributed by atoms with Crippen LogP contribution in [-0.4, -0.2) is 81.1 Å². The van der Waals surface area contributed by atoms with Gasteiger partial charge in [-0.2, -0.15) is 0 Å². The summed E-state index contributed by atoms with van der Waals surface area (Å²) in [6.07, 6.45) is -11.5. The largest absolute Gasteiger partial charge is 0.470 e. The number of hydrogen-bond acceptors (Lipinski definition) is 10. The van der Waals surface area contributed by atoms with Crippen LogP contribution in [0.2, 0.25) is 0 Å². The van der Waals surface area contributed by atoms with Gasteiger partial charge in [0.25, 0.3) is 0 Å². The first-order valence-corrected chi connectivity index (χ1v) is 15.4. The van der Waals surface area contributed by atoms with Gasteiger partial charge in [0, 0.05) is 0 Å². The maximum Gasteiger partial charge on any atom is 0.470 e. The van der Waals surface area contributed by atoms with Gasteiger partial charge in [-0.15, -0.1) is 0 Å². The van der Waals surface area contributed by atoms with E-state index in [-0.39, 0.29) is 12.8 Å². The highest BCUT2D eigenvalue weighted by molar-refractivity contribution is 7.47. The van der Waals surface area contributed by atoms with Crippen LogP contribution in [0.4, 0.5) is 0 Å². The summed E-state index contributed by atoms with van der Waals surface area (Å²) in [7, 11) is -22.4. The first-order valence-electron chi connectivity index (χ1n) is 9.32. The van der Waals surface area contributed by atoms with E-state index >= 15 is 0 Å². The molecule has 8 N–H and O–H groups in total. The van der Waals surface area contributed by atoms with Crippen molar-refractivity contribution in [2.45, 2.75) is 75.5 Å². The molecular formula is C12H26O18P4. The Kier molecular flexibility index (Phi) is 8.92. The Morgan fingerprint density at radius 3 is 1.53 bits per heavy atom. The molecule has 2 aliphatic rings. The Bertz CT molecular complexity index is 929. The van der Waals surface area contributed by atoms with Crippen molar-refractivity contribution in [3.8, 4) is 0 Å². The van der Waals surface area contributed by atoms with Crippen molar-refractivity contribution in [2.24, 2.45) is 0 Å². The van der Waals surface area contributed by atoms with Gasteiger partial charge in [0.2, 0.25) is 0 Å². The van der Waals surface area contributed by atoms with Crippen LogP contribution in [0, 0.1) is 0 Å². The molecule has 202 valence electrons. The minimum absolute atomic E-state index is 0.117. The van der Waals surface area contributed by atoms with Crippen LogP contribution in [0.3, 0.4) is 0 Å². The summed E-state index contributed by atoms with van der Waals surface area (Å²) in [5.74, 6) is -1.68. The predicted octanol–water partition coefficient (Wildman–Crippen LogP) is -0.398. The fourth-order valence-corrected chi connectivity index (χ4v) is 6.42. The molecule has 1 aliphatic heterocycles. The molecule has 18 nitrogen and oxygen atoms in total. The van der Waals surface area contributed by atoms with Crippen molar-refractivity contribution in [1.82, 2.24) is 0 Å². The molecule has 0 bridgehead atoms. The topological polar surface area (TPSA) is 285 Å². The van der Waals surface area contributed by atoms with Crippen LogP contribution in [-0.2, 0) is 45.8 Å². The summed E-state index contributed by atoms with van der Waals surface area (Å²) < 4.78 is 76.7. The minimum atomic E-state index is -5.65. The molecule has 1 saturated carbocycles. The molecular weight excluding hydrogens is 556 g/mol. The third kappa shape index (κ3) is 7.93. The second-order valence-corrected chi connectivity index (χ2v) is 12.7. The molecule has 0 aromatic carbocycles. The molecule has 0 aromatic heterocycles. The molecule has 0 amide bonds. The van der Waals surface area contributed by atoms with E-state index in [0.29, 0.717) is 0 Å². The molecule has 0 unspecified atom stereocenters. The van der Waals surface area contributed by atoms with Crippen molar-refractivity contribution in [2.75, 3.05) is 0 Å². The van der Waals surface area contributed by atoms with Gasteiger partial charge >= 0.3 is 31.3 Å². The van der Waals surface area contributed by atoms with Gasteiger partial charge in [-0.1, -0.05) is 13.3 Å². The monoisotopic (exact) mass is 582 g/mol. The average molecular weight is 582 g/mol. The highest BCUT2D eigenvalue weighted by Crippen LogP contribution is 2.59. The van der Waals surface area contributed by atoms with Crippen molar-refractivity contribution < 1.29 is 85.0 Å². The third-order valence-corrected chi connectivity index (χ3v) is 6.78. The second-order valence-electron chi connectivity index (χ2n) is 7.94. The van der Waals surface area contributed by atoms with Crippen LogP contribution in [0.25, 0.3) is 0 Å². The molecule has 0 aromatic rings. The van der Waals surface area contributed by atoms with Crippen LogP contribution in [0.5, 0.6) is 0 Å². The number of fused-ring (bicyclic) bond motifs is 1. The standard InChI is InChI=1S/C12H26O18P4/c1-4-5-12-9(25-11(2,3)30-12)7(27-32(16,17)18)6(26-31(13,14)15)8(28-33(19,20)21)10(12)29-34(22,23)24/h6-10H,4-5H2,1-3H3,(H2,13,14,15)(H2,16,17,18)(H2,19,20,21)(H2,22,23,24)/t6-,7-,8+,9+,10-,12+/m0/s1. The lowest BCUT2D eigenvalue weighted by molar-refractivity contribution is -0.225. The first-order chi connectivity index (χ1) is 15.0. The summed E-state index contributed by atoms with van der Waals surface area (Å²) in [5.41, 5.74) is -2.17. The maximum absolute atomic E-state index is 11.8. The summed E-state index contributed by atoms with van der Waals surface area (Å²) in [6, 6.07) is 0. The first kappa shape index (κ1) is 30.6. The van der Waals surface area contributed by atoms with Gasteiger partial charge in [0.1, 0.15) is 36.1 Å². The molecule has 2 fully saturated rings. The fraction of sp³-hybridized carbons (Fsp3) is 1.00. The van der Waals surface area contributed by atoms with Crippen LogP contribution < -0.4 is 0 Å². The third-order valence-electron chi connectivity index (χ3n) is 4.72. The van der Waals surface area contributed by atoms with Crippen LogP contribution in [0.1, 0.15) is 33.6 Å². The average Bonchev–Trinajstić information content (AvgIpc) is 2.82. The molecule has 34 heavy (non-hydrogen) atoms. The molecule has 1 saturated heterocycles. The quantitative estimate of drug-likeness (QED) is 0.152. The fourth-order valence-electron chi connectivity index (χ4n) is 4.17. The Morgan fingerprint density at radius 2 is 1.12 bits per heavy atom. The van der Waals surface area contributed by atoms with Crippen molar-refractivity contribution in [3.63, 3.8) is 0 Å².